The van der Waals surface area contributed by atoms with Crippen LogP contribution in [0.15, 0.2) is 36.4 Å². The zero-order valence-electron chi connectivity index (χ0n) is 15.2. The number of allylic oxidation sites excluding steroid dienone is 1. The van der Waals surface area contributed by atoms with Crippen molar-refractivity contribution in [3.8, 4) is 0 Å². The summed E-state index contributed by atoms with van der Waals surface area (Å²) < 4.78 is 6.46. The molecule has 3 heteroatoms. The highest BCUT2D eigenvalue weighted by atomic mass is 16.5. The fourth-order valence-corrected chi connectivity index (χ4v) is 3.34. The number of hydrogen-bond donors (Lipinski definition) is 0. The normalized spacial score (nSPS) is 18.6. The minimum absolute atomic E-state index is 0.125. The van der Waals surface area contributed by atoms with Crippen molar-refractivity contribution in [3.63, 3.8) is 0 Å². The van der Waals surface area contributed by atoms with Crippen molar-refractivity contribution < 1.29 is 14.0 Å². The lowest BCUT2D eigenvalue weighted by atomic mass is 9.94. The quantitative estimate of drug-likeness (QED) is 0.389. The van der Waals surface area contributed by atoms with Gasteiger partial charge in [-0.25, -0.2) is 0 Å². The monoisotopic (exact) mass is 330 g/mol. The first-order valence-electron chi connectivity index (χ1n) is 9.31. The number of unbranched alkanes of at least 4 members (excludes halogenated alkanes) is 2. The summed E-state index contributed by atoms with van der Waals surface area (Å²) in [5.41, 5.74) is 1.09. The Bertz CT molecular complexity index is 518. The summed E-state index contributed by atoms with van der Waals surface area (Å²) in [7, 11) is 2.27. The highest BCUT2D eigenvalue weighted by Crippen LogP contribution is 2.19. The van der Waals surface area contributed by atoms with E-state index in [9.17, 15) is 4.79 Å². The Labute approximate surface area is 146 Å². The summed E-state index contributed by atoms with van der Waals surface area (Å²) in [5.74, 6) is 0.403. The first-order chi connectivity index (χ1) is 11.6. The van der Waals surface area contributed by atoms with Crippen molar-refractivity contribution >= 4 is 11.9 Å². The summed E-state index contributed by atoms with van der Waals surface area (Å²) in [6.07, 6.45) is 8.29. The third kappa shape index (κ3) is 6.21. The van der Waals surface area contributed by atoms with Crippen molar-refractivity contribution in [2.75, 3.05) is 39.9 Å². The fourth-order valence-electron chi connectivity index (χ4n) is 3.34. The molecule has 0 amide bonds. The van der Waals surface area contributed by atoms with Crippen molar-refractivity contribution in [2.45, 2.75) is 32.6 Å². The number of likely N-dealkylation sites (N-methyl/N-ethyl adjacent to an activating group) is 1. The molecule has 1 aromatic rings. The van der Waals surface area contributed by atoms with Gasteiger partial charge in [-0.15, -0.1) is 0 Å². The number of ketones is 1. The Hall–Kier alpha value is -1.45. The van der Waals surface area contributed by atoms with Crippen LogP contribution in [-0.2, 0) is 9.53 Å². The van der Waals surface area contributed by atoms with Gasteiger partial charge in [0.2, 0.25) is 0 Å². The lowest BCUT2D eigenvalue weighted by Crippen LogP contribution is -2.54. The topological polar surface area (TPSA) is 26.3 Å². The smallest absolute Gasteiger partial charge is 0.164 e. The van der Waals surface area contributed by atoms with Crippen molar-refractivity contribution in [1.29, 1.82) is 0 Å². The van der Waals surface area contributed by atoms with Gasteiger partial charge in [-0.1, -0.05) is 62.6 Å². The first kappa shape index (κ1) is 18.9. The second kappa shape index (κ2) is 9.75. The minimum atomic E-state index is 0.125. The minimum Gasteiger partial charge on any atom is -0.370 e. The van der Waals surface area contributed by atoms with Crippen LogP contribution in [0.25, 0.3) is 6.08 Å². The van der Waals surface area contributed by atoms with E-state index in [1.807, 2.05) is 36.4 Å². The molecular formula is C21H32NO2+. The van der Waals surface area contributed by atoms with E-state index in [4.69, 9.17) is 4.74 Å². The Morgan fingerprint density at radius 1 is 1.21 bits per heavy atom. The van der Waals surface area contributed by atoms with Crippen LogP contribution in [0.1, 0.15) is 38.2 Å². The largest absolute Gasteiger partial charge is 0.370 e. The second-order valence-electron chi connectivity index (χ2n) is 7.20. The number of carbonyl (C=O) groups is 1. The third-order valence-corrected chi connectivity index (χ3v) is 5.01. The van der Waals surface area contributed by atoms with Gasteiger partial charge in [0.1, 0.15) is 13.1 Å². The molecule has 24 heavy (non-hydrogen) atoms. The van der Waals surface area contributed by atoms with Crippen molar-refractivity contribution in [1.82, 2.24) is 0 Å². The third-order valence-electron chi connectivity index (χ3n) is 5.01. The number of morpholine rings is 1. The van der Waals surface area contributed by atoms with E-state index in [1.54, 1.807) is 6.08 Å². The van der Waals surface area contributed by atoms with Crippen LogP contribution in [0.4, 0.5) is 0 Å². The van der Waals surface area contributed by atoms with Crippen LogP contribution >= 0.6 is 0 Å². The molecule has 0 bridgehead atoms. The molecule has 1 atom stereocenters. The molecule has 0 saturated carbocycles. The molecule has 0 N–H and O–H groups in total. The number of ether oxygens (including phenoxy) is 1. The molecule has 0 aromatic heterocycles. The van der Waals surface area contributed by atoms with Crippen LogP contribution < -0.4 is 0 Å². The lowest BCUT2D eigenvalue weighted by Gasteiger charge is -2.39. The molecule has 0 aliphatic carbocycles. The van der Waals surface area contributed by atoms with E-state index in [0.29, 0.717) is 0 Å². The average Bonchev–Trinajstić information content (AvgIpc) is 2.60. The molecule has 1 fully saturated rings. The lowest BCUT2D eigenvalue weighted by molar-refractivity contribution is -0.919. The summed E-state index contributed by atoms with van der Waals surface area (Å²) in [5, 5.41) is 0. The second-order valence-corrected chi connectivity index (χ2v) is 7.20. The summed E-state index contributed by atoms with van der Waals surface area (Å²) in [4.78, 5) is 12.8. The molecule has 1 heterocycles. The van der Waals surface area contributed by atoms with E-state index < -0.39 is 0 Å². The molecule has 1 unspecified atom stereocenters. The van der Waals surface area contributed by atoms with Crippen LogP contribution in [0.3, 0.4) is 0 Å². The molecule has 3 nitrogen and oxygen atoms in total. The van der Waals surface area contributed by atoms with Gasteiger partial charge in [0, 0.05) is 0 Å². The standard InChI is InChI=1S/C21H32NO2/c1-3-4-6-11-20(18-22(2)14-16-24-17-15-22)21(23)13-12-19-9-7-5-8-10-19/h5,7-10,12-13,20H,3-4,6,11,14-18H2,1-2H3/q+1/b13-12+. The zero-order valence-corrected chi connectivity index (χ0v) is 15.2. The van der Waals surface area contributed by atoms with Gasteiger partial charge in [0.15, 0.2) is 5.78 Å². The van der Waals surface area contributed by atoms with Gasteiger partial charge >= 0.3 is 0 Å². The van der Waals surface area contributed by atoms with Gasteiger partial charge in [-0.3, -0.25) is 4.79 Å². The van der Waals surface area contributed by atoms with Gasteiger partial charge in [-0.05, 0) is 18.1 Å². The molecule has 1 saturated heterocycles. The molecular weight excluding hydrogens is 298 g/mol. The van der Waals surface area contributed by atoms with Crippen molar-refractivity contribution in [3.05, 3.63) is 42.0 Å². The van der Waals surface area contributed by atoms with Crippen molar-refractivity contribution in [2.24, 2.45) is 5.92 Å². The highest BCUT2D eigenvalue weighted by molar-refractivity contribution is 5.95. The number of carbonyl (C=O) groups excluding carboxylic acids is 1. The Morgan fingerprint density at radius 3 is 2.58 bits per heavy atom. The van der Waals surface area contributed by atoms with Gasteiger partial charge in [0.05, 0.1) is 32.7 Å². The zero-order chi connectivity index (χ0) is 17.3. The maximum Gasteiger partial charge on any atom is 0.164 e. The average molecular weight is 330 g/mol. The number of benzene rings is 1. The maximum atomic E-state index is 12.8. The Balaban J connectivity index is 2.00. The number of quaternary nitrogens is 1. The van der Waals surface area contributed by atoms with E-state index in [0.717, 1.165) is 55.7 Å². The number of hydrogen-bond acceptors (Lipinski definition) is 2. The molecule has 132 valence electrons. The van der Waals surface area contributed by atoms with E-state index in [-0.39, 0.29) is 11.7 Å². The van der Waals surface area contributed by atoms with Crippen LogP contribution in [0.2, 0.25) is 0 Å². The van der Waals surface area contributed by atoms with Crippen LogP contribution in [0.5, 0.6) is 0 Å². The molecule has 0 spiro atoms. The maximum absolute atomic E-state index is 12.8. The summed E-state index contributed by atoms with van der Waals surface area (Å²) in [6.45, 7) is 6.80. The molecule has 2 rings (SSSR count). The molecule has 1 aliphatic rings. The predicted molar refractivity (Wildman–Crippen MR) is 99.7 cm³/mol. The first-order valence-corrected chi connectivity index (χ1v) is 9.31. The van der Waals surface area contributed by atoms with E-state index >= 15 is 0 Å². The predicted octanol–water partition coefficient (Wildman–Crippen LogP) is 3.94. The Kier molecular flexibility index (Phi) is 7.67. The molecule has 1 aliphatic heterocycles. The fraction of sp³-hybridized carbons (Fsp3) is 0.571. The molecule has 0 radical (unpaired) electrons. The van der Waals surface area contributed by atoms with Gasteiger partial charge in [-0.2, -0.15) is 0 Å². The molecule has 1 aromatic carbocycles. The van der Waals surface area contributed by atoms with E-state index in [2.05, 4.69) is 14.0 Å². The number of rotatable bonds is 9. The number of nitrogens with zero attached hydrogens (tertiary/aromatic N) is 1. The Morgan fingerprint density at radius 2 is 1.92 bits per heavy atom. The highest BCUT2D eigenvalue weighted by Gasteiger charge is 2.31. The van der Waals surface area contributed by atoms with Crippen LogP contribution in [0, 0.1) is 5.92 Å². The van der Waals surface area contributed by atoms with E-state index in [1.165, 1.54) is 12.8 Å². The van der Waals surface area contributed by atoms with Gasteiger partial charge < -0.3 is 9.22 Å². The van der Waals surface area contributed by atoms with Crippen LogP contribution in [-0.4, -0.2) is 50.2 Å². The summed E-state index contributed by atoms with van der Waals surface area (Å²) >= 11 is 0. The summed E-state index contributed by atoms with van der Waals surface area (Å²) in [6, 6.07) is 10.1. The van der Waals surface area contributed by atoms with Gasteiger partial charge in [0.25, 0.3) is 0 Å². The SMILES string of the molecule is CCCCCC(C[N+]1(C)CCOCC1)C(=O)/C=C/c1ccccc1.